The molecule has 1 N–H and O–H groups in total. The highest BCUT2D eigenvalue weighted by Crippen LogP contribution is 2.38. The van der Waals surface area contributed by atoms with Crippen molar-refractivity contribution in [2.45, 2.75) is 30.3 Å². The Morgan fingerprint density at radius 2 is 2.03 bits per heavy atom. The molecule has 8 heteroatoms. The van der Waals surface area contributed by atoms with Crippen LogP contribution in [-0.2, 0) is 11.3 Å². The molecule has 0 amide bonds. The van der Waals surface area contributed by atoms with Crippen LogP contribution in [0.3, 0.4) is 0 Å². The van der Waals surface area contributed by atoms with Gasteiger partial charge in [0.2, 0.25) is 5.89 Å². The summed E-state index contributed by atoms with van der Waals surface area (Å²) in [6.07, 6.45) is 3.50. The average molecular weight is 495 g/mol. The maximum Gasteiger partial charge on any atom is 0.320 e. The molecule has 2 heterocycles. The number of carboxylic acid groups (broad SMARTS) is 1. The van der Waals surface area contributed by atoms with Crippen molar-refractivity contribution in [1.29, 1.82) is 5.26 Å². The first-order valence-electron chi connectivity index (χ1n) is 11.5. The van der Waals surface area contributed by atoms with Crippen LogP contribution in [0.15, 0.2) is 63.9 Å². The van der Waals surface area contributed by atoms with Crippen molar-refractivity contribution in [3.8, 4) is 28.7 Å². The Morgan fingerprint density at radius 1 is 1.25 bits per heavy atom. The lowest BCUT2D eigenvalue weighted by atomic mass is 9.95. The summed E-state index contributed by atoms with van der Waals surface area (Å²) in [5.41, 5.74) is 5.03. The van der Waals surface area contributed by atoms with E-state index in [2.05, 4.69) is 10.9 Å². The van der Waals surface area contributed by atoms with E-state index in [9.17, 15) is 15.2 Å². The van der Waals surface area contributed by atoms with Crippen molar-refractivity contribution in [2.24, 2.45) is 0 Å². The van der Waals surface area contributed by atoms with Gasteiger partial charge in [-0.15, -0.1) is 11.8 Å². The SMILES string of the molecule is [C-]#[N+]c1ccccc1-c1cccc(-c2nc3cc(CN4CCC[C@H]4C(=O)O)c(SC)cc3o2)c1C#N. The van der Waals surface area contributed by atoms with Crippen LogP contribution < -0.4 is 0 Å². The number of nitrogens with zero attached hydrogens (tertiary/aromatic N) is 4. The van der Waals surface area contributed by atoms with Crippen molar-refractivity contribution in [1.82, 2.24) is 9.88 Å². The molecule has 0 unspecified atom stereocenters. The summed E-state index contributed by atoms with van der Waals surface area (Å²) in [5, 5.41) is 19.6. The Labute approximate surface area is 212 Å². The highest BCUT2D eigenvalue weighted by molar-refractivity contribution is 7.98. The number of rotatable bonds is 6. The lowest BCUT2D eigenvalue weighted by molar-refractivity contribution is -0.142. The normalized spacial score (nSPS) is 15.6. The zero-order chi connectivity index (χ0) is 25.2. The zero-order valence-electron chi connectivity index (χ0n) is 19.6. The molecule has 0 spiro atoms. The highest BCUT2D eigenvalue weighted by atomic mass is 32.2. The van der Waals surface area contributed by atoms with Crippen molar-refractivity contribution in [3.63, 3.8) is 0 Å². The second-order valence-electron chi connectivity index (χ2n) is 8.59. The molecule has 1 aromatic heterocycles. The molecule has 0 bridgehead atoms. The molecule has 1 saturated heterocycles. The molecule has 1 atom stereocenters. The first kappa shape index (κ1) is 23.6. The van der Waals surface area contributed by atoms with E-state index in [0.29, 0.717) is 57.9 Å². The fourth-order valence-corrected chi connectivity index (χ4v) is 5.43. The first-order valence-corrected chi connectivity index (χ1v) is 12.7. The molecule has 0 saturated carbocycles. The lowest BCUT2D eigenvalue weighted by Gasteiger charge is -2.22. The number of carbonyl (C=O) groups is 1. The van der Waals surface area contributed by atoms with Gasteiger partial charge in [0.05, 0.1) is 17.7 Å². The number of carboxylic acids is 1. The fraction of sp³-hybridized carbons (Fsp3) is 0.214. The third-order valence-electron chi connectivity index (χ3n) is 6.53. The number of hydrogen-bond acceptors (Lipinski definition) is 6. The molecule has 0 radical (unpaired) electrons. The van der Waals surface area contributed by atoms with E-state index in [1.807, 2.05) is 47.6 Å². The summed E-state index contributed by atoms with van der Waals surface area (Å²) in [7, 11) is 0. The number of aromatic nitrogens is 1. The summed E-state index contributed by atoms with van der Waals surface area (Å²) in [5.74, 6) is -0.454. The molecular formula is C28H22N4O3S. The van der Waals surface area contributed by atoms with Crippen molar-refractivity contribution < 1.29 is 14.3 Å². The van der Waals surface area contributed by atoms with Gasteiger partial charge in [-0.1, -0.05) is 36.4 Å². The minimum Gasteiger partial charge on any atom is -0.480 e. The topological polar surface area (TPSA) is 94.7 Å². The quantitative estimate of drug-likeness (QED) is 0.246. The van der Waals surface area contributed by atoms with E-state index in [-0.39, 0.29) is 0 Å². The number of aliphatic carboxylic acids is 1. The largest absolute Gasteiger partial charge is 0.480 e. The molecule has 36 heavy (non-hydrogen) atoms. The van der Waals surface area contributed by atoms with E-state index >= 15 is 0 Å². The number of oxazole rings is 1. The fourth-order valence-electron chi connectivity index (χ4n) is 4.82. The Bertz CT molecular complexity index is 1560. The molecule has 1 fully saturated rings. The van der Waals surface area contributed by atoms with Gasteiger partial charge >= 0.3 is 5.97 Å². The van der Waals surface area contributed by atoms with Gasteiger partial charge in [0, 0.05) is 11.4 Å². The minimum atomic E-state index is -0.785. The van der Waals surface area contributed by atoms with Crippen LogP contribution >= 0.6 is 11.8 Å². The van der Waals surface area contributed by atoms with Crippen LogP contribution in [0.5, 0.6) is 0 Å². The number of hydrogen-bond donors (Lipinski definition) is 1. The van der Waals surface area contributed by atoms with Gasteiger partial charge in [0.15, 0.2) is 11.3 Å². The standard InChI is InChI=1S/C28H22N4O3S/c1-30-22-10-4-3-7-19(22)18-8-5-9-20(21(18)15-29)27-31-23-13-17(26(36-2)14-25(23)35-27)16-32-12-6-11-24(32)28(33)34/h3-5,7-10,13-14,24H,6,11-12,16H2,2H3,(H,33,34)/t24-/m0/s1. The second kappa shape index (κ2) is 9.87. The third-order valence-corrected chi connectivity index (χ3v) is 7.35. The van der Waals surface area contributed by atoms with Gasteiger partial charge in [-0.05, 0) is 60.5 Å². The van der Waals surface area contributed by atoms with Crippen LogP contribution in [0.1, 0.15) is 24.0 Å². The molecule has 1 aliphatic rings. The Kier molecular flexibility index (Phi) is 6.47. The lowest BCUT2D eigenvalue weighted by Crippen LogP contribution is -2.35. The monoisotopic (exact) mass is 494 g/mol. The van der Waals surface area contributed by atoms with E-state index in [4.69, 9.17) is 16.0 Å². The second-order valence-corrected chi connectivity index (χ2v) is 9.43. The van der Waals surface area contributed by atoms with Crippen LogP contribution in [0.2, 0.25) is 0 Å². The summed E-state index contributed by atoms with van der Waals surface area (Å²) < 4.78 is 6.13. The Morgan fingerprint density at radius 3 is 2.78 bits per heavy atom. The van der Waals surface area contributed by atoms with Gasteiger partial charge in [0.1, 0.15) is 17.6 Å². The van der Waals surface area contributed by atoms with Gasteiger partial charge in [-0.3, -0.25) is 9.69 Å². The number of fused-ring (bicyclic) bond motifs is 1. The number of nitriles is 1. The third kappa shape index (κ3) is 4.22. The zero-order valence-corrected chi connectivity index (χ0v) is 20.4. The molecule has 1 aliphatic heterocycles. The van der Waals surface area contributed by atoms with E-state index in [0.717, 1.165) is 23.4 Å². The van der Waals surface area contributed by atoms with Crippen LogP contribution in [0.25, 0.3) is 38.5 Å². The number of thioether (sulfide) groups is 1. The molecule has 4 aromatic rings. The summed E-state index contributed by atoms with van der Waals surface area (Å²) in [4.78, 5) is 23.0. The summed E-state index contributed by atoms with van der Waals surface area (Å²) in [6, 6.07) is 18.4. The summed E-state index contributed by atoms with van der Waals surface area (Å²) in [6.45, 7) is 8.77. The van der Waals surface area contributed by atoms with Gasteiger partial charge in [0.25, 0.3) is 0 Å². The molecule has 7 nitrogen and oxygen atoms in total. The maximum absolute atomic E-state index is 11.6. The first-order chi connectivity index (χ1) is 17.5. The highest BCUT2D eigenvalue weighted by Gasteiger charge is 2.31. The molecule has 178 valence electrons. The Balaban J connectivity index is 1.58. The van der Waals surface area contributed by atoms with Crippen LogP contribution in [-0.4, -0.2) is 39.8 Å². The molecule has 3 aromatic carbocycles. The van der Waals surface area contributed by atoms with Gasteiger partial charge in [-0.25, -0.2) is 9.83 Å². The van der Waals surface area contributed by atoms with E-state index in [1.54, 1.807) is 30.0 Å². The van der Waals surface area contributed by atoms with Crippen LogP contribution in [0.4, 0.5) is 5.69 Å². The van der Waals surface area contributed by atoms with E-state index in [1.165, 1.54) is 0 Å². The van der Waals surface area contributed by atoms with Gasteiger partial charge in [-0.2, -0.15) is 5.26 Å². The summed E-state index contributed by atoms with van der Waals surface area (Å²) >= 11 is 1.58. The van der Waals surface area contributed by atoms with Crippen molar-refractivity contribution in [3.05, 3.63) is 77.1 Å². The number of benzene rings is 3. The molecular weight excluding hydrogens is 472 g/mol. The van der Waals surface area contributed by atoms with Crippen LogP contribution in [0, 0.1) is 17.9 Å². The predicted molar refractivity (Wildman–Crippen MR) is 139 cm³/mol. The van der Waals surface area contributed by atoms with Gasteiger partial charge < -0.3 is 9.52 Å². The predicted octanol–water partition coefficient (Wildman–Crippen LogP) is 6.36. The van der Waals surface area contributed by atoms with Crippen molar-refractivity contribution in [2.75, 3.05) is 12.8 Å². The average Bonchev–Trinajstić information content (AvgIpc) is 3.54. The smallest absolute Gasteiger partial charge is 0.320 e. The minimum absolute atomic E-state index is 0.331. The molecule has 5 rings (SSSR count). The Hall–Kier alpha value is -4.11. The maximum atomic E-state index is 11.6. The van der Waals surface area contributed by atoms with E-state index < -0.39 is 12.0 Å². The molecule has 0 aliphatic carbocycles. The number of likely N-dealkylation sites (tertiary alicyclic amines) is 1. The van der Waals surface area contributed by atoms with Crippen molar-refractivity contribution >= 4 is 34.5 Å². The number of para-hydroxylation sites is 1.